The number of alkyl halides is 2. The van der Waals surface area contributed by atoms with Crippen LogP contribution in [0.2, 0.25) is 0 Å². The zero-order chi connectivity index (χ0) is 11.7. The Morgan fingerprint density at radius 2 is 1.93 bits per heavy atom. The van der Waals surface area contributed by atoms with Crippen molar-refractivity contribution in [1.29, 1.82) is 0 Å². The zero-order valence-corrected chi connectivity index (χ0v) is 10.3. The maximum Gasteiger partial charge on any atom is 0.279 e. The highest BCUT2D eigenvalue weighted by molar-refractivity contribution is 9.10. The Balaban J connectivity index is 3.16. The van der Waals surface area contributed by atoms with Gasteiger partial charge in [-0.25, -0.2) is 8.78 Å². The molecule has 0 unspecified atom stereocenters. The normalized spacial score (nSPS) is 12.9. The molecule has 2 N–H and O–H groups in total. The van der Waals surface area contributed by atoms with E-state index in [-0.39, 0.29) is 12.1 Å². The Morgan fingerprint density at radius 3 is 2.40 bits per heavy atom. The first-order valence-corrected chi connectivity index (χ1v) is 5.44. The Labute approximate surface area is 96.8 Å². The van der Waals surface area contributed by atoms with E-state index in [2.05, 4.69) is 15.9 Å². The lowest BCUT2D eigenvalue weighted by Crippen LogP contribution is -2.40. The first-order chi connectivity index (χ1) is 6.81. The third-order valence-electron chi connectivity index (χ3n) is 2.55. The van der Waals surface area contributed by atoms with Crippen LogP contribution in [0.4, 0.5) is 8.78 Å². The van der Waals surface area contributed by atoms with E-state index in [1.807, 2.05) is 0 Å². The minimum absolute atomic E-state index is 0.00711. The van der Waals surface area contributed by atoms with Crippen LogP contribution in [0.3, 0.4) is 0 Å². The quantitative estimate of drug-likeness (QED) is 0.899. The van der Waals surface area contributed by atoms with Gasteiger partial charge in [-0.3, -0.25) is 0 Å². The van der Waals surface area contributed by atoms with Crippen LogP contribution >= 0.6 is 15.9 Å². The lowest BCUT2D eigenvalue weighted by Gasteiger charge is -2.33. The van der Waals surface area contributed by atoms with E-state index in [4.69, 9.17) is 5.73 Å². The summed E-state index contributed by atoms with van der Waals surface area (Å²) >= 11 is 3.18. The second-order valence-electron chi connectivity index (χ2n) is 4.17. The molecule has 1 nitrogen and oxygen atoms in total. The molecule has 0 heterocycles. The van der Waals surface area contributed by atoms with Crippen molar-refractivity contribution in [2.24, 2.45) is 11.1 Å². The van der Waals surface area contributed by atoms with Gasteiger partial charge >= 0.3 is 0 Å². The van der Waals surface area contributed by atoms with E-state index in [1.165, 1.54) is 26.0 Å². The smallest absolute Gasteiger partial charge is 0.279 e. The maximum absolute atomic E-state index is 14.0. The predicted molar refractivity (Wildman–Crippen MR) is 60.9 cm³/mol. The molecule has 0 fully saturated rings. The minimum Gasteiger partial charge on any atom is -0.330 e. The summed E-state index contributed by atoms with van der Waals surface area (Å²) in [6.07, 6.45) is 0. The van der Waals surface area contributed by atoms with Crippen LogP contribution in [-0.4, -0.2) is 6.54 Å². The van der Waals surface area contributed by atoms with Gasteiger partial charge in [0.05, 0.1) is 0 Å². The second kappa shape index (κ2) is 4.18. The Hall–Kier alpha value is -0.480. The lowest BCUT2D eigenvalue weighted by atomic mass is 9.82. The molecule has 0 amide bonds. The van der Waals surface area contributed by atoms with Crippen molar-refractivity contribution in [3.05, 3.63) is 34.3 Å². The van der Waals surface area contributed by atoms with Gasteiger partial charge in [-0.15, -0.1) is 0 Å². The maximum atomic E-state index is 14.0. The Morgan fingerprint density at radius 1 is 1.33 bits per heavy atom. The molecule has 1 aromatic rings. The van der Waals surface area contributed by atoms with Crippen LogP contribution in [0.5, 0.6) is 0 Å². The summed E-state index contributed by atoms with van der Waals surface area (Å²) in [5.74, 6) is -2.93. The molecular formula is C11H14BrF2N. The summed E-state index contributed by atoms with van der Waals surface area (Å²) in [7, 11) is 0. The van der Waals surface area contributed by atoms with Crippen LogP contribution in [-0.2, 0) is 5.92 Å². The molecule has 0 aromatic heterocycles. The van der Waals surface area contributed by atoms with Crippen LogP contribution in [0.1, 0.15) is 19.4 Å². The van der Waals surface area contributed by atoms with Gasteiger partial charge in [0.15, 0.2) is 0 Å². The molecule has 1 rings (SSSR count). The van der Waals surface area contributed by atoms with Crippen molar-refractivity contribution in [1.82, 2.24) is 0 Å². The molecule has 0 spiro atoms. The van der Waals surface area contributed by atoms with Crippen molar-refractivity contribution in [2.75, 3.05) is 6.54 Å². The van der Waals surface area contributed by atoms with Crippen molar-refractivity contribution in [2.45, 2.75) is 19.8 Å². The number of hydrogen-bond donors (Lipinski definition) is 1. The van der Waals surface area contributed by atoms with E-state index in [0.29, 0.717) is 4.47 Å². The van der Waals surface area contributed by atoms with Crippen LogP contribution in [0, 0.1) is 5.41 Å². The standard InChI is InChI=1S/C11H14BrF2N/c1-10(2,7-15)11(13,14)8-4-3-5-9(12)6-8/h3-6H,7,15H2,1-2H3. The second-order valence-corrected chi connectivity index (χ2v) is 5.09. The van der Waals surface area contributed by atoms with Crippen LogP contribution in [0.15, 0.2) is 28.7 Å². The van der Waals surface area contributed by atoms with Crippen molar-refractivity contribution in [3.8, 4) is 0 Å². The van der Waals surface area contributed by atoms with Gasteiger partial charge in [-0.2, -0.15) is 0 Å². The molecule has 0 aliphatic carbocycles. The number of nitrogens with two attached hydrogens (primary N) is 1. The fourth-order valence-corrected chi connectivity index (χ4v) is 1.60. The molecule has 0 atom stereocenters. The number of rotatable bonds is 3. The van der Waals surface area contributed by atoms with Gasteiger partial charge in [-0.1, -0.05) is 41.9 Å². The summed E-state index contributed by atoms with van der Waals surface area (Å²) in [5, 5.41) is 0. The van der Waals surface area contributed by atoms with E-state index in [9.17, 15) is 8.78 Å². The molecule has 15 heavy (non-hydrogen) atoms. The summed E-state index contributed by atoms with van der Waals surface area (Å²) in [6.45, 7) is 2.87. The highest BCUT2D eigenvalue weighted by Crippen LogP contribution is 2.44. The highest BCUT2D eigenvalue weighted by atomic mass is 79.9. The summed E-state index contributed by atoms with van der Waals surface area (Å²) < 4.78 is 28.7. The van der Waals surface area contributed by atoms with Crippen LogP contribution < -0.4 is 5.73 Å². The summed E-state index contributed by atoms with van der Waals surface area (Å²) in [5.41, 5.74) is 4.13. The zero-order valence-electron chi connectivity index (χ0n) is 8.73. The van der Waals surface area contributed by atoms with Gasteiger partial charge < -0.3 is 5.73 Å². The van der Waals surface area contributed by atoms with Crippen molar-refractivity contribution in [3.63, 3.8) is 0 Å². The monoisotopic (exact) mass is 277 g/mol. The van der Waals surface area contributed by atoms with Crippen LogP contribution in [0.25, 0.3) is 0 Å². The molecular weight excluding hydrogens is 264 g/mol. The van der Waals surface area contributed by atoms with Gasteiger partial charge in [0.2, 0.25) is 0 Å². The fourth-order valence-electron chi connectivity index (χ4n) is 1.20. The van der Waals surface area contributed by atoms with Gasteiger partial charge in [0.1, 0.15) is 0 Å². The first-order valence-electron chi connectivity index (χ1n) is 4.65. The molecule has 0 radical (unpaired) electrons. The Kier molecular flexibility index (Phi) is 3.51. The topological polar surface area (TPSA) is 26.0 Å². The molecule has 0 bridgehead atoms. The average molecular weight is 278 g/mol. The number of hydrogen-bond acceptors (Lipinski definition) is 1. The molecule has 0 saturated carbocycles. The Bertz CT molecular complexity index is 350. The number of halogens is 3. The van der Waals surface area contributed by atoms with Gasteiger partial charge in [0, 0.05) is 22.0 Å². The van der Waals surface area contributed by atoms with Gasteiger partial charge in [0.25, 0.3) is 5.92 Å². The average Bonchev–Trinajstić information content (AvgIpc) is 2.17. The summed E-state index contributed by atoms with van der Waals surface area (Å²) in [4.78, 5) is 0. The highest BCUT2D eigenvalue weighted by Gasteiger charge is 2.47. The predicted octanol–water partition coefficient (Wildman–Crippen LogP) is 3.53. The molecule has 1 aromatic carbocycles. The van der Waals surface area contributed by atoms with Gasteiger partial charge in [-0.05, 0) is 12.1 Å². The third-order valence-corrected chi connectivity index (χ3v) is 3.04. The van der Waals surface area contributed by atoms with E-state index in [0.717, 1.165) is 0 Å². The molecule has 0 saturated heterocycles. The first kappa shape index (κ1) is 12.6. The molecule has 4 heteroatoms. The summed E-state index contributed by atoms with van der Waals surface area (Å²) in [6, 6.07) is 6.16. The molecule has 0 aliphatic heterocycles. The molecule has 84 valence electrons. The fraction of sp³-hybridized carbons (Fsp3) is 0.455. The van der Waals surface area contributed by atoms with E-state index in [1.54, 1.807) is 12.1 Å². The SMILES string of the molecule is CC(C)(CN)C(F)(F)c1cccc(Br)c1. The molecule has 0 aliphatic rings. The van der Waals surface area contributed by atoms with Crippen molar-refractivity contribution < 1.29 is 8.78 Å². The third kappa shape index (κ3) is 2.37. The largest absolute Gasteiger partial charge is 0.330 e. The number of benzene rings is 1. The van der Waals surface area contributed by atoms with E-state index >= 15 is 0 Å². The van der Waals surface area contributed by atoms with E-state index < -0.39 is 11.3 Å². The minimum atomic E-state index is -2.93. The lowest BCUT2D eigenvalue weighted by molar-refractivity contribution is -0.108. The van der Waals surface area contributed by atoms with Crippen molar-refractivity contribution >= 4 is 15.9 Å².